The van der Waals surface area contributed by atoms with E-state index in [1.165, 1.54) is 23.4 Å². The van der Waals surface area contributed by atoms with E-state index in [2.05, 4.69) is 61.8 Å². The van der Waals surface area contributed by atoms with Gasteiger partial charge < -0.3 is 15.5 Å². The minimum Gasteiger partial charge on any atom is -0.364 e. The maximum absolute atomic E-state index is 13.1. The Hall–Kier alpha value is -2.13. The Morgan fingerprint density at radius 3 is 2.22 bits per heavy atom. The van der Waals surface area contributed by atoms with Gasteiger partial charge in [0.25, 0.3) is 0 Å². The second-order valence-electron chi connectivity index (χ2n) is 8.29. The van der Waals surface area contributed by atoms with Gasteiger partial charge in [0, 0.05) is 58.0 Å². The van der Waals surface area contributed by atoms with Crippen LogP contribution < -0.4 is 15.5 Å². The fourth-order valence-corrected chi connectivity index (χ4v) is 4.17. The van der Waals surface area contributed by atoms with Crippen LogP contribution in [0.3, 0.4) is 0 Å². The number of nitrogens with one attached hydrogen (secondary N) is 2. The molecule has 1 saturated heterocycles. The zero-order chi connectivity index (χ0) is 21.5. The quantitative estimate of drug-likeness (QED) is 0.246. The average molecular weight is 549 g/mol. The number of piperidine rings is 1. The highest BCUT2D eigenvalue weighted by Gasteiger charge is 2.20. The van der Waals surface area contributed by atoms with Gasteiger partial charge in [-0.3, -0.25) is 9.89 Å². The van der Waals surface area contributed by atoms with E-state index < -0.39 is 0 Å². The van der Waals surface area contributed by atoms with E-state index in [-0.39, 0.29) is 29.8 Å². The van der Waals surface area contributed by atoms with E-state index in [9.17, 15) is 4.39 Å². The molecule has 0 bridgehead atoms. The Morgan fingerprint density at radius 1 is 0.969 bits per heavy atom. The van der Waals surface area contributed by atoms with Gasteiger partial charge in [-0.2, -0.15) is 0 Å². The van der Waals surface area contributed by atoms with E-state index in [0.717, 1.165) is 63.6 Å². The van der Waals surface area contributed by atoms with E-state index in [1.54, 1.807) is 0 Å². The molecule has 7 heteroatoms. The van der Waals surface area contributed by atoms with Crippen molar-refractivity contribution < 1.29 is 4.39 Å². The minimum atomic E-state index is -0.176. The van der Waals surface area contributed by atoms with Crippen LogP contribution >= 0.6 is 24.0 Å². The van der Waals surface area contributed by atoms with Gasteiger partial charge in [0.15, 0.2) is 5.96 Å². The fourth-order valence-electron chi connectivity index (χ4n) is 4.17. The lowest BCUT2D eigenvalue weighted by Gasteiger charge is -2.33. The molecule has 0 aliphatic carbocycles. The van der Waals surface area contributed by atoms with E-state index in [1.807, 2.05) is 19.2 Å². The van der Waals surface area contributed by atoms with Gasteiger partial charge in [0.1, 0.15) is 5.82 Å². The summed E-state index contributed by atoms with van der Waals surface area (Å²) in [5.74, 6) is 0.676. The number of likely N-dealkylation sites (tertiary alicyclic amines) is 1. The zero-order valence-corrected chi connectivity index (χ0v) is 21.0. The van der Waals surface area contributed by atoms with Crippen LogP contribution in [0.15, 0.2) is 65.7 Å². The standard InChI is InChI=1S/C25H32FN5.HI/c1-27-25(28-18-20-6-10-24(11-7-20)31-14-2-3-15-31)29-23-12-16-30(17-13-23)19-21-4-8-22(26)9-5-21;/h2-11,23H,12-19H2,1H3,(H2,27,28,29);1H. The molecule has 0 unspecified atom stereocenters. The van der Waals surface area contributed by atoms with E-state index in [0.29, 0.717) is 6.04 Å². The number of rotatable bonds is 6. The molecule has 2 N–H and O–H groups in total. The molecular formula is C25H33FIN5. The maximum Gasteiger partial charge on any atom is 0.191 e. The lowest BCUT2D eigenvalue weighted by Crippen LogP contribution is -2.48. The predicted molar refractivity (Wildman–Crippen MR) is 141 cm³/mol. The molecule has 172 valence electrons. The summed E-state index contributed by atoms with van der Waals surface area (Å²) in [6.45, 7) is 5.68. The molecule has 5 nitrogen and oxygen atoms in total. The van der Waals surface area contributed by atoms with Crippen molar-refractivity contribution in [3.05, 3.63) is 77.6 Å². The highest BCUT2D eigenvalue weighted by molar-refractivity contribution is 14.0. The Morgan fingerprint density at radius 2 is 1.59 bits per heavy atom. The first kappa shape index (κ1) is 24.5. The minimum absolute atomic E-state index is 0. The first-order valence-corrected chi connectivity index (χ1v) is 11.1. The topological polar surface area (TPSA) is 42.9 Å². The van der Waals surface area contributed by atoms with Gasteiger partial charge in [-0.25, -0.2) is 4.39 Å². The molecule has 32 heavy (non-hydrogen) atoms. The first-order chi connectivity index (χ1) is 15.2. The van der Waals surface area contributed by atoms with Crippen LogP contribution in [0.1, 0.15) is 24.0 Å². The Bertz CT molecular complexity index is 882. The summed E-state index contributed by atoms with van der Waals surface area (Å²) in [6, 6.07) is 16.0. The summed E-state index contributed by atoms with van der Waals surface area (Å²) in [5, 5.41) is 7.01. The van der Waals surface area contributed by atoms with Crippen molar-refractivity contribution in [1.82, 2.24) is 15.5 Å². The van der Waals surface area contributed by atoms with Crippen molar-refractivity contribution in [3.8, 4) is 0 Å². The van der Waals surface area contributed by atoms with Crippen LogP contribution in [0, 0.1) is 5.82 Å². The van der Waals surface area contributed by atoms with Gasteiger partial charge in [-0.15, -0.1) is 24.0 Å². The number of guanidine groups is 1. The van der Waals surface area contributed by atoms with Gasteiger partial charge in [0.05, 0.1) is 0 Å². The number of halogens is 2. The molecule has 0 saturated carbocycles. The van der Waals surface area contributed by atoms with Crippen LogP contribution in [0.5, 0.6) is 0 Å². The molecule has 2 aromatic rings. The van der Waals surface area contributed by atoms with Crippen molar-refractivity contribution in [1.29, 1.82) is 0 Å². The summed E-state index contributed by atoms with van der Waals surface area (Å²) in [4.78, 5) is 9.18. The van der Waals surface area contributed by atoms with Crippen molar-refractivity contribution in [3.63, 3.8) is 0 Å². The van der Waals surface area contributed by atoms with Gasteiger partial charge in [0.2, 0.25) is 0 Å². The van der Waals surface area contributed by atoms with Crippen LogP contribution in [-0.2, 0) is 13.1 Å². The van der Waals surface area contributed by atoms with E-state index in [4.69, 9.17) is 0 Å². The highest BCUT2D eigenvalue weighted by atomic mass is 127. The number of hydrogen-bond acceptors (Lipinski definition) is 3. The number of aliphatic imine (C=N–C) groups is 1. The third-order valence-corrected chi connectivity index (χ3v) is 6.05. The second kappa shape index (κ2) is 12.2. The number of nitrogens with zero attached hydrogens (tertiary/aromatic N) is 3. The SMILES string of the molecule is CN=C(NCc1ccc(N2CC=CC2)cc1)NC1CCN(Cc2ccc(F)cc2)CC1.I. The molecule has 0 atom stereocenters. The van der Waals surface area contributed by atoms with Crippen LogP contribution in [0.25, 0.3) is 0 Å². The summed E-state index contributed by atoms with van der Waals surface area (Å²) in [7, 11) is 1.82. The molecule has 0 radical (unpaired) electrons. The van der Waals surface area contributed by atoms with Crippen molar-refractivity contribution in [2.45, 2.75) is 32.0 Å². The Labute approximate surface area is 207 Å². The summed E-state index contributed by atoms with van der Waals surface area (Å²) in [6.07, 6.45) is 6.55. The maximum atomic E-state index is 13.1. The number of anilines is 1. The molecular weight excluding hydrogens is 516 g/mol. The van der Waals surface area contributed by atoms with Crippen LogP contribution in [0.2, 0.25) is 0 Å². The van der Waals surface area contributed by atoms with Crippen LogP contribution in [-0.4, -0.2) is 50.1 Å². The van der Waals surface area contributed by atoms with Crippen molar-refractivity contribution in [2.75, 3.05) is 38.1 Å². The summed E-state index contributed by atoms with van der Waals surface area (Å²) < 4.78 is 13.1. The lowest BCUT2D eigenvalue weighted by molar-refractivity contribution is 0.198. The van der Waals surface area contributed by atoms with Crippen molar-refractivity contribution in [2.24, 2.45) is 4.99 Å². The molecule has 1 fully saturated rings. The van der Waals surface area contributed by atoms with E-state index >= 15 is 0 Å². The molecule has 4 rings (SSSR count). The van der Waals surface area contributed by atoms with Gasteiger partial charge in [-0.1, -0.05) is 36.4 Å². The Balaban J connectivity index is 0.00000289. The molecule has 0 amide bonds. The average Bonchev–Trinajstić information content (AvgIpc) is 3.35. The number of hydrogen-bond donors (Lipinski definition) is 2. The third-order valence-electron chi connectivity index (χ3n) is 6.05. The second-order valence-corrected chi connectivity index (χ2v) is 8.29. The molecule has 2 heterocycles. The molecule has 2 aliphatic heterocycles. The smallest absolute Gasteiger partial charge is 0.191 e. The molecule has 2 aliphatic rings. The zero-order valence-electron chi connectivity index (χ0n) is 18.6. The fraction of sp³-hybridized carbons (Fsp3) is 0.400. The van der Waals surface area contributed by atoms with Gasteiger partial charge >= 0.3 is 0 Å². The van der Waals surface area contributed by atoms with Gasteiger partial charge in [-0.05, 0) is 48.2 Å². The number of benzene rings is 2. The largest absolute Gasteiger partial charge is 0.364 e. The predicted octanol–water partition coefficient (Wildman–Crippen LogP) is 4.15. The third kappa shape index (κ3) is 6.93. The first-order valence-electron chi connectivity index (χ1n) is 11.1. The monoisotopic (exact) mass is 549 g/mol. The summed E-state index contributed by atoms with van der Waals surface area (Å²) in [5.41, 5.74) is 3.67. The highest BCUT2D eigenvalue weighted by Crippen LogP contribution is 2.18. The normalized spacial score (nSPS) is 17.3. The van der Waals surface area contributed by atoms with Crippen molar-refractivity contribution >= 4 is 35.6 Å². The molecule has 2 aromatic carbocycles. The molecule has 0 spiro atoms. The van der Waals surface area contributed by atoms with Crippen LogP contribution in [0.4, 0.5) is 10.1 Å². The lowest BCUT2D eigenvalue weighted by atomic mass is 10.0. The Kier molecular flexibility index (Phi) is 9.35. The molecule has 0 aromatic heterocycles. The summed E-state index contributed by atoms with van der Waals surface area (Å²) >= 11 is 0.